The quantitative estimate of drug-likeness (QED) is 0.537. The maximum Gasteiger partial charge on any atom is 0.326 e. The number of fused-ring (bicyclic) bond motifs is 1. The molecule has 1 fully saturated rings. The highest BCUT2D eigenvalue weighted by molar-refractivity contribution is 6.52. The number of carbonyl (C=O) groups excluding carboxylic acids is 4. The van der Waals surface area contributed by atoms with E-state index >= 15 is 0 Å². The van der Waals surface area contributed by atoms with E-state index < -0.39 is 30.3 Å². The minimum absolute atomic E-state index is 0.265. The number of ketones is 1. The summed E-state index contributed by atoms with van der Waals surface area (Å²) >= 11 is 0. The Hall–Kier alpha value is -3.68. The van der Waals surface area contributed by atoms with Gasteiger partial charge in [0.25, 0.3) is 17.6 Å². The summed E-state index contributed by atoms with van der Waals surface area (Å²) in [6, 6.07) is 16.5. The van der Waals surface area contributed by atoms with Crippen LogP contribution in [-0.4, -0.2) is 67.3 Å². The van der Waals surface area contributed by atoms with Gasteiger partial charge in [0.2, 0.25) is 0 Å². The van der Waals surface area contributed by atoms with E-state index in [1.165, 1.54) is 6.92 Å². The van der Waals surface area contributed by atoms with Gasteiger partial charge < -0.3 is 14.5 Å². The maximum absolute atomic E-state index is 12.7. The summed E-state index contributed by atoms with van der Waals surface area (Å²) in [5, 5.41) is 0. The monoisotopic (exact) mass is 421 g/mol. The molecule has 1 saturated heterocycles. The van der Waals surface area contributed by atoms with Crippen molar-refractivity contribution in [2.75, 3.05) is 42.5 Å². The topological polar surface area (TPSA) is 87.2 Å². The first-order valence-electron chi connectivity index (χ1n) is 10.2. The Morgan fingerprint density at radius 2 is 1.58 bits per heavy atom. The van der Waals surface area contributed by atoms with Gasteiger partial charge in [0.1, 0.15) is 6.54 Å². The molecule has 2 aromatic rings. The number of piperazine rings is 1. The fourth-order valence-corrected chi connectivity index (χ4v) is 3.90. The summed E-state index contributed by atoms with van der Waals surface area (Å²) in [6.45, 7) is 3.55. The Balaban J connectivity index is 1.31. The van der Waals surface area contributed by atoms with Crippen LogP contribution < -0.4 is 9.80 Å². The van der Waals surface area contributed by atoms with Gasteiger partial charge in [-0.1, -0.05) is 30.3 Å². The van der Waals surface area contributed by atoms with Gasteiger partial charge >= 0.3 is 5.97 Å². The fourth-order valence-electron chi connectivity index (χ4n) is 3.90. The van der Waals surface area contributed by atoms with Crippen LogP contribution in [0.1, 0.15) is 17.3 Å². The molecule has 0 saturated carbocycles. The van der Waals surface area contributed by atoms with Crippen molar-refractivity contribution in [3.8, 4) is 0 Å². The first-order valence-corrected chi connectivity index (χ1v) is 10.2. The Labute approximate surface area is 180 Å². The second kappa shape index (κ2) is 8.59. The molecule has 0 aliphatic carbocycles. The van der Waals surface area contributed by atoms with Crippen LogP contribution in [0.3, 0.4) is 0 Å². The van der Waals surface area contributed by atoms with Crippen LogP contribution >= 0.6 is 0 Å². The zero-order valence-corrected chi connectivity index (χ0v) is 17.2. The van der Waals surface area contributed by atoms with Gasteiger partial charge in [-0.15, -0.1) is 0 Å². The first kappa shape index (κ1) is 20.6. The minimum Gasteiger partial charge on any atom is -0.451 e. The third-order valence-corrected chi connectivity index (χ3v) is 5.53. The summed E-state index contributed by atoms with van der Waals surface area (Å²) in [4.78, 5) is 54.3. The van der Waals surface area contributed by atoms with Gasteiger partial charge in [-0.3, -0.25) is 24.1 Å². The van der Waals surface area contributed by atoms with Crippen LogP contribution in [0.5, 0.6) is 0 Å². The van der Waals surface area contributed by atoms with Crippen molar-refractivity contribution in [3.63, 3.8) is 0 Å². The van der Waals surface area contributed by atoms with Crippen LogP contribution in [0.4, 0.5) is 11.4 Å². The van der Waals surface area contributed by atoms with E-state index in [0.717, 1.165) is 10.6 Å². The van der Waals surface area contributed by atoms with E-state index in [9.17, 15) is 19.2 Å². The second-order valence-corrected chi connectivity index (χ2v) is 7.52. The van der Waals surface area contributed by atoms with Gasteiger partial charge in [0, 0.05) is 31.9 Å². The number of hydrogen-bond acceptors (Lipinski definition) is 6. The maximum atomic E-state index is 12.7. The van der Waals surface area contributed by atoms with Crippen LogP contribution in [-0.2, 0) is 19.1 Å². The number of rotatable bonds is 5. The molecule has 8 heteroatoms. The van der Waals surface area contributed by atoms with Crippen LogP contribution in [0.15, 0.2) is 54.6 Å². The molecular weight excluding hydrogens is 398 g/mol. The molecule has 0 aromatic heterocycles. The first-order chi connectivity index (χ1) is 15.0. The lowest BCUT2D eigenvalue weighted by molar-refractivity contribution is -0.158. The van der Waals surface area contributed by atoms with Gasteiger partial charge in [-0.2, -0.15) is 0 Å². The lowest BCUT2D eigenvalue weighted by atomic mass is 10.1. The number of benzene rings is 2. The molecule has 31 heavy (non-hydrogen) atoms. The molecule has 4 rings (SSSR count). The molecule has 2 aromatic carbocycles. The van der Waals surface area contributed by atoms with E-state index in [1.807, 2.05) is 30.3 Å². The molecule has 1 atom stereocenters. The number of hydrogen-bond donors (Lipinski definition) is 0. The molecular formula is C23H23N3O5. The molecule has 2 heterocycles. The van der Waals surface area contributed by atoms with Crippen molar-refractivity contribution in [1.82, 2.24) is 4.90 Å². The van der Waals surface area contributed by atoms with Gasteiger partial charge in [0.15, 0.2) is 6.10 Å². The number of ether oxygens (including phenoxy) is 1. The summed E-state index contributed by atoms with van der Waals surface area (Å²) in [6.07, 6.45) is -0.973. The van der Waals surface area contributed by atoms with Crippen LogP contribution in [0, 0.1) is 0 Å². The fraction of sp³-hybridized carbons (Fsp3) is 0.304. The molecule has 2 aliphatic rings. The van der Waals surface area contributed by atoms with Crippen molar-refractivity contribution in [3.05, 3.63) is 60.2 Å². The van der Waals surface area contributed by atoms with E-state index in [-0.39, 0.29) is 11.5 Å². The molecule has 0 bridgehead atoms. The number of esters is 1. The number of amides is 2. The van der Waals surface area contributed by atoms with Gasteiger partial charge in [0.05, 0.1) is 11.3 Å². The third-order valence-electron chi connectivity index (χ3n) is 5.53. The highest BCUT2D eigenvalue weighted by atomic mass is 16.5. The zero-order chi connectivity index (χ0) is 22.0. The van der Waals surface area contributed by atoms with E-state index in [4.69, 9.17) is 4.74 Å². The van der Waals surface area contributed by atoms with Crippen molar-refractivity contribution in [2.45, 2.75) is 13.0 Å². The van der Waals surface area contributed by atoms with Crippen LogP contribution in [0.2, 0.25) is 0 Å². The Morgan fingerprint density at radius 3 is 2.29 bits per heavy atom. The van der Waals surface area contributed by atoms with Crippen molar-refractivity contribution < 1.29 is 23.9 Å². The number of carbonyl (C=O) groups is 4. The molecule has 0 unspecified atom stereocenters. The normalized spacial score (nSPS) is 16.9. The third kappa shape index (κ3) is 4.14. The second-order valence-electron chi connectivity index (χ2n) is 7.52. The lowest BCUT2D eigenvalue weighted by Gasteiger charge is -2.37. The molecule has 0 N–H and O–H groups in total. The smallest absolute Gasteiger partial charge is 0.326 e. The van der Waals surface area contributed by atoms with E-state index in [2.05, 4.69) is 4.90 Å². The predicted octanol–water partition coefficient (Wildman–Crippen LogP) is 1.50. The molecule has 160 valence electrons. The summed E-state index contributed by atoms with van der Waals surface area (Å²) in [5.41, 5.74) is 1.75. The Morgan fingerprint density at radius 1 is 0.935 bits per heavy atom. The summed E-state index contributed by atoms with van der Waals surface area (Å²) in [7, 11) is 0. The largest absolute Gasteiger partial charge is 0.451 e. The van der Waals surface area contributed by atoms with Gasteiger partial charge in [-0.05, 0) is 31.2 Å². The van der Waals surface area contributed by atoms with E-state index in [0.29, 0.717) is 31.9 Å². The predicted molar refractivity (Wildman–Crippen MR) is 114 cm³/mol. The number of anilines is 2. The highest BCUT2D eigenvalue weighted by Gasteiger charge is 2.37. The molecule has 2 aliphatic heterocycles. The molecule has 0 spiro atoms. The highest BCUT2D eigenvalue weighted by Crippen LogP contribution is 2.28. The van der Waals surface area contributed by atoms with Crippen molar-refractivity contribution in [2.24, 2.45) is 0 Å². The summed E-state index contributed by atoms with van der Waals surface area (Å²) in [5.74, 6) is -2.43. The SMILES string of the molecule is C[C@H](OC(=O)CN1C(=O)C(=O)c2ccccc21)C(=O)N1CCN(c2ccccc2)CC1. The number of nitrogens with zero attached hydrogens (tertiary/aromatic N) is 3. The minimum atomic E-state index is -0.973. The average molecular weight is 421 g/mol. The summed E-state index contributed by atoms with van der Waals surface area (Å²) < 4.78 is 5.29. The molecule has 8 nitrogen and oxygen atoms in total. The van der Waals surface area contributed by atoms with Gasteiger partial charge in [-0.25, -0.2) is 0 Å². The van der Waals surface area contributed by atoms with Crippen molar-refractivity contribution in [1.29, 1.82) is 0 Å². The van der Waals surface area contributed by atoms with E-state index in [1.54, 1.807) is 29.2 Å². The standard InChI is InChI=1S/C23H23N3O5/c1-16(22(29)25-13-11-24(12-14-25)17-7-3-2-4-8-17)31-20(27)15-26-19-10-6-5-9-18(19)21(28)23(26)30/h2-10,16H,11-15H2,1H3/t16-/m0/s1. The average Bonchev–Trinajstić information content (AvgIpc) is 3.04. The van der Waals surface area contributed by atoms with Crippen LogP contribution in [0.25, 0.3) is 0 Å². The number of Topliss-reactive ketones (excluding diaryl/α,β-unsaturated/α-hetero) is 1. The zero-order valence-electron chi connectivity index (χ0n) is 17.2. The Kier molecular flexibility index (Phi) is 5.70. The lowest BCUT2D eigenvalue weighted by Crippen LogP contribution is -2.52. The molecule has 0 radical (unpaired) electrons. The Bertz CT molecular complexity index is 1010. The molecule has 2 amide bonds. The van der Waals surface area contributed by atoms with Crippen molar-refractivity contribution >= 4 is 34.9 Å². The number of para-hydroxylation sites is 2.